The lowest BCUT2D eigenvalue weighted by atomic mass is 10.0. The first-order valence-electron chi connectivity index (χ1n) is 11.6. The number of ether oxygens (including phenoxy) is 2. The van der Waals surface area contributed by atoms with Crippen molar-refractivity contribution in [3.8, 4) is 22.6 Å². The highest BCUT2D eigenvalue weighted by atomic mass is 32.2. The third kappa shape index (κ3) is 6.26. The molecule has 204 valence electrons. The molecule has 1 amide bonds. The monoisotopic (exact) mass is 560 g/mol. The van der Waals surface area contributed by atoms with Crippen molar-refractivity contribution < 1.29 is 32.7 Å². The number of sulfonamides is 1. The largest absolute Gasteiger partial charge is 0.465 e. The molecule has 0 aliphatic carbocycles. The zero-order valence-electron chi connectivity index (χ0n) is 21.1. The molecule has 0 aliphatic rings. The van der Waals surface area contributed by atoms with E-state index in [1.54, 1.807) is 48.5 Å². The molecular weight excluding hydrogens is 536 g/mol. The first kappa shape index (κ1) is 27.8. The van der Waals surface area contributed by atoms with Gasteiger partial charge in [0.05, 0.1) is 23.3 Å². The normalized spacial score (nSPS) is 11.5. The number of carbonyl (C=O) groups excluding carboxylic acids is 2. The van der Waals surface area contributed by atoms with Gasteiger partial charge in [-0.25, -0.2) is 18.4 Å². The Morgan fingerprint density at radius 2 is 1.57 bits per heavy atom. The molecule has 0 radical (unpaired) electrons. The Kier molecular flexibility index (Phi) is 8.12. The van der Waals surface area contributed by atoms with Gasteiger partial charge in [0.1, 0.15) is 5.75 Å². The summed E-state index contributed by atoms with van der Waals surface area (Å²) in [5.41, 5.74) is 7.60. The van der Waals surface area contributed by atoms with Crippen molar-refractivity contribution in [1.82, 2.24) is 0 Å². The third-order valence-electron chi connectivity index (χ3n) is 5.77. The number of primary sulfonamides is 1. The number of anilines is 1. The number of rotatable bonds is 8. The van der Waals surface area contributed by atoms with Crippen molar-refractivity contribution in [2.24, 2.45) is 16.0 Å². The van der Waals surface area contributed by atoms with E-state index in [-0.39, 0.29) is 33.3 Å². The lowest BCUT2D eigenvalue weighted by molar-refractivity contribution is 0.0600. The smallest absolute Gasteiger partial charge is 0.337 e. The summed E-state index contributed by atoms with van der Waals surface area (Å²) in [4.78, 5) is 25.3. The highest BCUT2D eigenvalue weighted by Crippen LogP contribution is 2.32. The maximum atomic E-state index is 13.2. The van der Waals surface area contributed by atoms with E-state index in [1.165, 1.54) is 49.6 Å². The quantitative estimate of drug-likeness (QED) is 0.0821. The van der Waals surface area contributed by atoms with Gasteiger partial charge in [0.25, 0.3) is 5.91 Å². The van der Waals surface area contributed by atoms with Crippen LogP contribution in [0.4, 0.5) is 5.69 Å². The fraction of sp³-hybridized carbons (Fsp3) is 0.0357. The number of methoxy groups -OCH3 is 1. The number of nitrogens with one attached hydrogen (secondary N) is 1. The van der Waals surface area contributed by atoms with Crippen LogP contribution < -0.4 is 20.9 Å². The molecule has 0 aromatic heterocycles. The van der Waals surface area contributed by atoms with E-state index in [9.17, 15) is 18.0 Å². The number of esters is 1. The van der Waals surface area contributed by atoms with Crippen LogP contribution in [0.3, 0.4) is 0 Å². The first-order valence-corrected chi connectivity index (χ1v) is 13.2. The van der Waals surface area contributed by atoms with E-state index in [4.69, 9.17) is 25.6 Å². The van der Waals surface area contributed by atoms with Crippen LogP contribution in [0.2, 0.25) is 0 Å². The molecule has 0 saturated heterocycles. The first-order chi connectivity index (χ1) is 19.1. The number of amidine groups is 1. The molecule has 0 heterocycles. The maximum absolute atomic E-state index is 13.2. The fourth-order valence-corrected chi connectivity index (χ4v) is 4.57. The third-order valence-corrected chi connectivity index (χ3v) is 6.73. The van der Waals surface area contributed by atoms with Gasteiger partial charge in [0, 0.05) is 16.7 Å². The summed E-state index contributed by atoms with van der Waals surface area (Å²) < 4.78 is 34.7. The predicted molar refractivity (Wildman–Crippen MR) is 148 cm³/mol. The average Bonchev–Trinajstić information content (AvgIpc) is 2.97. The van der Waals surface area contributed by atoms with Crippen molar-refractivity contribution in [2.45, 2.75) is 4.90 Å². The minimum atomic E-state index is -3.96. The van der Waals surface area contributed by atoms with Crippen LogP contribution in [0.1, 0.15) is 26.3 Å². The van der Waals surface area contributed by atoms with Crippen LogP contribution in [0.5, 0.6) is 11.5 Å². The molecule has 11 nitrogen and oxygen atoms in total. The van der Waals surface area contributed by atoms with Gasteiger partial charge in [-0.1, -0.05) is 47.6 Å². The van der Waals surface area contributed by atoms with E-state index in [0.717, 1.165) is 0 Å². The summed E-state index contributed by atoms with van der Waals surface area (Å²) in [5.74, 6) is -0.729. The lowest BCUT2D eigenvalue weighted by Crippen LogP contribution is -2.14. The number of amides is 1. The molecule has 0 spiro atoms. The Balaban J connectivity index is 1.64. The minimum Gasteiger partial charge on any atom is -0.465 e. The number of hydrogen-bond acceptors (Lipinski definition) is 8. The Bertz CT molecular complexity index is 1720. The van der Waals surface area contributed by atoms with Crippen LogP contribution in [-0.4, -0.2) is 38.4 Å². The summed E-state index contributed by atoms with van der Waals surface area (Å²) in [6, 6.07) is 23.3. The Hall–Kier alpha value is -5.20. The van der Waals surface area contributed by atoms with Gasteiger partial charge in [0.15, 0.2) is 11.6 Å². The summed E-state index contributed by atoms with van der Waals surface area (Å²) >= 11 is 0. The van der Waals surface area contributed by atoms with Crippen LogP contribution in [0.15, 0.2) is 101 Å². The molecule has 0 saturated carbocycles. The standard InChI is InChI=1S/C28H24N4O7S/c1-38-28(34)20-13-14-24(39-21-6-4-5-19(15-21)26(29)32-35)23(16-20)31-27(33)18-11-9-17(10-12-18)22-7-2-3-8-25(22)40(30,36)37/h2-16,35H,1H3,(H2,29,32)(H,31,33)(H2,30,36,37). The highest BCUT2D eigenvalue weighted by Gasteiger charge is 2.17. The van der Waals surface area contributed by atoms with Gasteiger partial charge in [-0.15, -0.1) is 0 Å². The zero-order valence-corrected chi connectivity index (χ0v) is 21.9. The van der Waals surface area contributed by atoms with Crippen molar-refractivity contribution >= 4 is 33.4 Å². The average molecular weight is 561 g/mol. The number of hydrogen-bond donors (Lipinski definition) is 4. The zero-order chi connectivity index (χ0) is 28.9. The van der Waals surface area contributed by atoms with E-state index in [0.29, 0.717) is 22.4 Å². The van der Waals surface area contributed by atoms with Gasteiger partial charge in [-0.3, -0.25) is 4.79 Å². The van der Waals surface area contributed by atoms with Crippen LogP contribution in [-0.2, 0) is 14.8 Å². The molecule has 0 aliphatic heterocycles. The highest BCUT2D eigenvalue weighted by molar-refractivity contribution is 7.89. The number of oxime groups is 1. The second-order valence-electron chi connectivity index (χ2n) is 8.39. The molecule has 4 rings (SSSR count). The molecule has 6 N–H and O–H groups in total. The topological polar surface area (TPSA) is 183 Å². The van der Waals surface area contributed by atoms with Gasteiger partial charge >= 0.3 is 5.97 Å². The van der Waals surface area contributed by atoms with E-state index < -0.39 is 21.9 Å². The van der Waals surface area contributed by atoms with Crippen molar-refractivity contribution in [1.29, 1.82) is 0 Å². The Morgan fingerprint density at radius 1 is 0.875 bits per heavy atom. The van der Waals surface area contributed by atoms with Gasteiger partial charge in [-0.05, 0) is 54.1 Å². The van der Waals surface area contributed by atoms with E-state index >= 15 is 0 Å². The molecule has 40 heavy (non-hydrogen) atoms. The molecule has 12 heteroatoms. The van der Waals surface area contributed by atoms with E-state index in [2.05, 4.69) is 10.5 Å². The molecular formula is C28H24N4O7S. The number of nitrogens with zero attached hydrogens (tertiary/aromatic N) is 1. The van der Waals surface area contributed by atoms with Crippen LogP contribution in [0, 0.1) is 0 Å². The number of nitrogens with two attached hydrogens (primary N) is 2. The van der Waals surface area contributed by atoms with E-state index in [1.807, 2.05) is 0 Å². The number of benzene rings is 4. The van der Waals surface area contributed by atoms with Gasteiger partial charge < -0.3 is 25.7 Å². The Labute approximate surface area is 229 Å². The van der Waals surface area contributed by atoms with Gasteiger partial charge in [0.2, 0.25) is 10.0 Å². The minimum absolute atomic E-state index is 0.0373. The maximum Gasteiger partial charge on any atom is 0.337 e. The number of carbonyl (C=O) groups is 2. The molecule has 4 aromatic rings. The summed E-state index contributed by atoms with van der Waals surface area (Å²) in [6.07, 6.45) is 0. The van der Waals surface area contributed by atoms with Crippen LogP contribution >= 0.6 is 0 Å². The van der Waals surface area contributed by atoms with Crippen molar-refractivity contribution in [3.63, 3.8) is 0 Å². The van der Waals surface area contributed by atoms with Crippen molar-refractivity contribution in [2.75, 3.05) is 12.4 Å². The molecule has 0 fully saturated rings. The second kappa shape index (κ2) is 11.7. The van der Waals surface area contributed by atoms with Crippen molar-refractivity contribution in [3.05, 3.63) is 108 Å². The molecule has 0 atom stereocenters. The lowest BCUT2D eigenvalue weighted by Gasteiger charge is -2.14. The molecule has 0 bridgehead atoms. The summed E-state index contributed by atoms with van der Waals surface area (Å²) in [7, 11) is -2.72. The fourth-order valence-electron chi connectivity index (χ4n) is 3.81. The summed E-state index contributed by atoms with van der Waals surface area (Å²) in [5, 5.41) is 20.0. The predicted octanol–water partition coefficient (Wildman–Crippen LogP) is 3.93. The molecule has 4 aromatic carbocycles. The second-order valence-corrected chi connectivity index (χ2v) is 9.92. The molecule has 0 unspecified atom stereocenters. The van der Waals surface area contributed by atoms with Crippen LogP contribution in [0.25, 0.3) is 11.1 Å². The summed E-state index contributed by atoms with van der Waals surface area (Å²) in [6.45, 7) is 0. The Morgan fingerprint density at radius 3 is 2.25 bits per heavy atom. The van der Waals surface area contributed by atoms with Gasteiger partial charge in [-0.2, -0.15) is 0 Å². The SMILES string of the molecule is COC(=O)c1ccc(Oc2cccc(C(N)=NO)c2)c(NC(=O)c2ccc(-c3ccccc3S(N)(=O)=O)cc2)c1.